The second kappa shape index (κ2) is 8.22. The summed E-state index contributed by atoms with van der Waals surface area (Å²) in [5, 5.41) is 0. The molecular weight excluding hydrogens is 373 g/mol. The number of sulfonamides is 1. The molecule has 0 aromatic heterocycles. The molecule has 1 aromatic rings. The van der Waals surface area contributed by atoms with E-state index in [0.717, 1.165) is 12.5 Å². The van der Waals surface area contributed by atoms with E-state index in [-0.39, 0.29) is 16.8 Å². The Balaban J connectivity index is 1.62. The molecule has 27 heavy (non-hydrogen) atoms. The lowest BCUT2D eigenvalue weighted by atomic mass is 10.2. The molecule has 7 nitrogen and oxygen atoms in total. The molecule has 2 aliphatic rings. The lowest BCUT2D eigenvalue weighted by Gasteiger charge is -2.36. The average Bonchev–Trinajstić information content (AvgIpc) is 3.02. The van der Waals surface area contributed by atoms with Crippen molar-refractivity contribution in [1.82, 2.24) is 14.1 Å². The number of halogens is 1. The van der Waals surface area contributed by atoms with Crippen molar-refractivity contribution in [3.63, 3.8) is 0 Å². The van der Waals surface area contributed by atoms with Gasteiger partial charge in [0.25, 0.3) is 0 Å². The molecule has 0 bridgehead atoms. The van der Waals surface area contributed by atoms with Gasteiger partial charge in [-0.05, 0) is 31.0 Å². The normalized spacial score (nSPS) is 22.6. The van der Waals surface area contributed by atoms with Gasteiger partial charge in [-0.1, -0.05) is 6.07 Å². The molecule has 150 valence electrons. The van der Waals surface area contributed by atoms with Gasteiger partial charge in [0.05, 0.1) is 17.5 Å². The van der Waals surface area contributed by atoms with Crippen LogP contribution < -0.4 is 0 Å². The fraction of sp³-hybridized carbons (Fsp3) is 0.611. The van der Waals surface area contributed by atoms with Crippen molar-refractivity contribution < 1.29 is 22.3 Å². The molecule has 2 fully saturated rings. The van der Waals surface area contributed by atoms with Gasteiger partial charge >= 0.3 is 0 Å². The summed E-state index contributed by atoms with van der Waals surface area (Å²) in [4.78, 5) is 16.4. The van der Waals surface area contributed by atoms with E-state index in [2.05, 4.69) is 4.90 Å². The standard InChI is InChI=1S/C18H26FN3O4S/c1-14-3-4-15(13-16(14)19)27(24,25)22-9-7-20(8-10-22)17-5-6-21(18(17)23)11-12-26-2/h3-4,13,17H,5-12H2,1-2H3. The molecule has 0 aliphatic carbocycles. The van der Waals surface area contributed by atoms with Crippen LogP contribution in [0.25, 0.3) is 0 Å². The fourth-order valence-corrected chi connectivity index (χ4v) is 5.06. The number of amides is 1. The predicted molar refractivity (Wildman–Crippen MR) is 98.3 cm³/mol. The number of aryl methyl sites for hydroxylation is 1. The van der Waals surface area contributed by atoms with Crippen molar-refractivity contribution in [2.75, 3.05) is 53.0 Å². The summed E-state index contributed by atoms with van der Waals surface area (Å²) in [6.45, 7) is 4.95. The van der Waals surface area contributed by atoms with Crippen molar-refractivity contribution in [3.05, 3.63) is 29.6 Å². The summed E-state index contributed by atoms with van der Waals surface area (Å²) in [5.41, 5.74) is 0.413. The smallest absolute Gasteiger partial charge is 0.243 e. The molecular formula is C18H26FN3O4S. The summed E-state index contributed by atoms with van der Waals surface area (Å²) in [6.07, 6.45) is 0.748. The Morgan fingerprint density at radius 1 is 1.19 bits per heavy atom. The van der Waals surface area contributed by atoms with Gasteiger partial charge < -0.3 is 9.64 Å². The Morgan fingerprint density at radius 2 is 1.89 bits per heavy atom. The molecule has 2 saturated heterocycles. The van der Waals surface area contributed by atoms with Crippen LogP contribution in [0.4, 0.5) is 4.39 Å². The third kappa shape index (κ3) is 4.16. The summed E-state index contributed by atoms with van der Waals surface area (Å²) in [6, 6.07) is 3.80. The molecule has 0 N–H and O–H groups in total. The number of hydrogen-bond acceptors (Lipinski definition) is 5. The van der Waals surface area contributed by atoms with Crippen LogP contribution in [-0.4, -0.2) is 87.5 Å². The summed E-state index contributed by atoms with van der Waals surface area (Å²) in [5.74, 6) is -0.439. The molecule has 1 amide bonds. The van der Waals surface area contributed by atoms with E-state index in [1.807, 2.05) is 0 Å². The highest BCUT2D eigenvalue weighted by molar-refractivity contribution is 7.89. The van der Waals surface area contributed by atoms with E-state index in [0.29, 0.717) is 51.4 Å². The number of methoxy groups -OCH3 is 1. The molecule has 2 aliphatic heterocycles. The number of piperazine rings is 1. The fourth-order valence-electron chi connectivity index (χ4n) is 3.62. The molecule has 0 saturated carbocycles. The summed E-state index contributed by atoms with van der Waals surface area (Å²) < 4.78 is 45.7. The molecule has 3 rings (SSSR count). The van der Waals surface area contributed by atoms with Crippen LogP contribution in [0.15, 0.2) is 23.1 Å². The monoisotopic (exact) mass is 399 g/mol. The average molecular weight is 399 g/mol. The number of carbonyl (C=O) groups is 1. The van der Waals surface area contributed by atoms with Crippen LogP contribution in [-0.2, 0) is 19.6 Å². The van der Waals surface area contributed by atoms with Gasteiger partial charge in [-0.15, -0.1) is 0 Å². The molecule has 1 aromatic carbocycles. The quantitative estimate of drug-likeness (QED) is 0.704. The van der Waals surface area contributed by atoms with E-state index in [1.165, 1.54) is 16.4 Å². The Bertz CT molecular complexity index is 794. The van der Waals surface area contributed by atoms with E-state index >= 15 is 0 Å². The second-order valence-electron chi connectivity index (χ2n) is 6.97. The zero-order chi connectivity index (χ0) is 19.6. The lowest BCUT2D eigenvalue weighted by molar-refractivity contribution is -0.133. The maximum Gasteiger partial charge on any atom is 0.243 e. The summed E-state index contributed by atoms with van der Waals surface area (Å²) in [7, 11) is -2.12. The number of likely N-dealkylation sites (tertiary alicyclic amines) is 1. The Morgan fingerprint density at radius 3 is 2.52 bits per heavy atom. The minimum atomic E-state index is -3.73. The number of benzene rings is 1. The molecule has 0 radical (unpaired) electrons. The van der Waals surface area contributed by atoms with Gasteiger partial charge in [0.2, 0.25) is 15.9 Å². The maximum atomic E-state index is 13.8. The highest BCUT2D eigenvalue weighted by Crippen LogP contribution is 2.23. The molecule has 9 heteroatoms. The topological polar surface area (TPSA) is 70.2 Å². The zero-order valence-corrected chi connectivity index (χ0v) is 16.5. The Hall–Kier alpha value is -1.55. The molecule has 0 spiro atoms. The third-order valence-electron chi connectivity index (χ3n) is 5.33. The van der Waals surface area contributed by atoms with Gasteiger partial charge in [-0.3, -0.25) is 9.69 Å². The van der Waals surface area contributed by atoms with Crippen LogP contribution in [0.5, 0.6) is 0 Å². The van der Waals surface area contributed by atoms with E-state index < -0.39 is 15.8 Å². The van der Waals surface area contributed by atoms with Crippen molar-refractivity contribution >= 4 is 15.9 Å². The molecule has 1 atom stereocenters. The van der Waals surface area contributed by atoms with Gasteiger partial charge in [0.15, 0.2) is 0 Å². The van der Waals surface area contributed by atoms with E-state index in [1.54, 1.807) is 18.9 Å². The summed E-state index contributed by atoms with van der Waals surface area (Å²) >= 11 is 0. The highest BCUT2D eigenvalue weighted by Gasteiger charge is 2.38. The molecule has 2 heterocycles. The number of ether oxygens (including phenoxy) is 1. The van der Waals surface area contributed by atoms with E-state index in [9.17, 15) is 17.6 Å². The molecule has 1 unspecified atom stereocenters. The second-order valence-corrected chi connectivity index (χ2v) is 8.91. The van der Waals surface area contributed by atoms with Crippen LogP contribution >= 0.6 is 0 Å². The van der Waals surface area contributed by atoms with Crippen molar-refractivity contribution in [2.24, 2.45) is 0 Å². The lowest BCUT2D eigenvalue weighted by Crippen LogP contribution is -2.53. The first-order chi connectivity index (χ1) is 12.8. The first-order valence-corrected chi connectivity index (χ1v) is 10.6. The van der Waals surface area contributed by atoms with Crippen LogP contribution in [0.3, 0.4) is 0 Å². The first kappa shape index (κ1) is 20.2. The Labute approximate surface area is 159 Å². The Kier molecular flexibility index (Phi) is 6.15. The van der Waals surface area contributed by atoms with Gasteiger partial charge in [0.1, 0.15) is 5.82 Å². The van der Waals surface area contributed by atoms with Gasteiger partial charge in [-0.25, -0.2) is 12.8 Å². The number of hydrogen-bond donors (Lipinski definition) is 0. The van der Waals surface area contributed by atoms with Crippen LogP contribution in [0.2, 0.25) is 0 Å². The SMILES string of the molecule is COCCN1CCC(N2CCN(S(=O)(=O)c3ccc(C)c(F)c3)CC2)C1=O. The predicted octanol–water partition coefficient (Wildman–Crippen LogP) is 0.688. The minimum Gasteiger partial charge on any atom is -0.383 e. The van der Waals surface area contributed by atoms with Crippen molar-refractivity contribution in [2.45, 2.75) is 24.3 Å². The van der Waals surface area contributed by atoms with Gasteiger partial charge in [0, 0.05) is 46.4 Å². The third-order valence-corrected chi connectivity index (χ3v) is 7.22. The number of rotatable bonds is 6. The number of nitrogens with zero attached hydrogens (tertiary/aromatic N) is 3. The van der Waals surface area contributed by atoms with Crippen molar-refractivity contribution in [3.8, 4) is 0 Å². The van der Waals surface area contributed by atoms with E-state index in [4.69, 9.17) is 4.74 Å². The first-order valence-electron chi connectivity index (χ1n) is 9.12. The highest BCUT2D eigenvalue weighted by atomic mass is 32.2. The minimum absolute atomic E-state index is 0.0262. The van der Waals surface area contributed by atoms with Crippen molar-refractivity contribution in [1.29, 1.82) is 0 Å². The zero-order valence-electron chi connectivity index (χ0n) is 15.7. The largest absolute Gasteiger partial charge is 0.383 e. The number of carbonyl (C=O) groups excluding carboxylic acids is 1. The maximum absolute atomic E-state index is 13.8. The van der Waals surface area contributed by atoms with Crippen LogP contribution in [0, 0.1) is 12.7 Å². The van der Waals surface area contributed by atoms with Gasteiger partial charge in [-0.2, -0.15) is 4.31 Å². The van der Waals surface area contributed by atoms with Crippen LogP contribution in [0.1, 0.15) is 12.0 Å².